The van der Waals surface area contributed by atoms with E-state index >= 15 is 0 Å². The van der Waals surface area contributed by atoms with Gasteiger partial charge in [-0.1, -0.05) is 40.0 Å². The van der Waals surface area contributed by atoms with Gasteiger partial charge in [-0.25, -0.2) is 4.72 Å². The van der Waals surface area contributed by atoms with Crippen LogP contribution in [0.5, 0.6) is 0 Å². The van der Waals surface area contributed by atoms with Crippen LogP contribution in [0.3, 0.4) is 0 Å². The largest absolute Gasteiger partial charge is 0.315 e. The van der Waals surface area contributed by atoms with Crippen LogP contribution in [0.15, 0.2) is 0 Å². The van der Waals surface area contributed by atoms with Crippen molar-refractivity contribution in [2.75, 3.05) is 26.2 Å². The van der Waals surface area contributed by atoms with Crippen molar-refractivity contribution in [2.45, 2.75) is 65.3 Å². The molecule has 1 aliphatic heterocycles. The molecule has 2 N–H and O–H groups in total. The monoisotopic (exact) mass is 319 g/mol. The van der Waals surface area contributed by atoms with Crippen LogP contribution >= 0.6 is 0 Å². The van der Waals surface area contributed by atoms with Crippen LogP contribution in [0.4, 0.5) is 0 Å². The van der Waals surface area contributed by atoms with Crippen molar-refractivity contribution < 1.29 is 8.42 Å². The average molecular weight is 320 g/mol. The molecule has 1 rings (SSSR count). The molecular weight excluding hydrogens is 286 g/mol. The number of likely N-dealkylation sites (N-methyl/N-ethyl adjacent to an activating group) is 1. The van der Waals surface area contributed by atoms with Gasteiger partial charge in [0.15, 0.2) is 0 Å². The zero-order valence-electron chi connectivity index (χ0n) is 13.9. The molecule has 0 saturated carbocycles. The molecule has 6 heteroatoms. The minimum atomic E-state index is -3.32. The molecule has 0 amide bonds. The number of nitrogens with one attached hydrogen (secondary N) is 2. The number of nitrogens with zero attached hydrogens (tertiary/aromatic N) is 1. The van der Waals surface area contributed by atoms with Gasteiger partial charge in [0.1, 0.15) is 0 Å². The quantitative estimate of drug-likeness (QED) is 0.606. The summed E-state index contributed by atoms with van der Waals surface area (Å²) in [5.41, 5.74) is 0. The maximum Gasteiger partial charge on any atom is 0.279 e. The van der Waals surface area contributed by atoms with Crippen molar-refractivity contribution in [2.24, 2.45) is 5.92 Å². The normalized spacial score (nSPS) is 21.0. The van der Waals surface area contributed by atoms with Crippen molar-refractivity contribution in [3.05, 3.63) is 0 Å². The predicted molar refractivity (Wildman–Crippen MR) is 88.5 cm³/mol. The van der Waals surface area contributed by atoms with Crippen LogP contribution in [-0.4, -0.2) is 44.9 Å². The molecule has 0 aromatic rings. The highest BCUT2D eigenvalue weighted by molar-refractivity contribution is 7.87. The molecule has 0 aliphatic carbocycles. The highest BCUT2D eigenvalue weighted by atomic mass is 32.2. The van der Waals surface area contributed by atoms with E-state index in [1.54, 1.807) is 4.31 Å². The zero-order chi connectivity index (χ0) is 15.7. The lowest BCUT2D eigenvalue weighted by Crippen LogP contribution is -2.52. The first kappa shape index (κ1) is 18.9. The summed E-state index contributed by atoms with van der Waals surface area (Å²) < 4.78 is 29.3. The molecule has 1 unspecified atom stereocenters. The van der Waals surface area contributed by atoms with E-state index in [1.807, 2.05) is 0 Å². The van der Waals surface area contributed by atoms with E-state index in [0.29, 0.717) is 19.0 Å². The standard InChI is InChI=1S/C15H33N3O2S/c1-4-16-13-15-10-6-8-12-18(15)21(19,20)17-11-7-5-9-14(2)3/h14-17H,4-13H2,1-3H3. The molecule has 5 nitrogen and oxygen atoms in total. The van der Waals surface area contributed by atoms with Gasteiger partial charge in [-0.3, -0.25) is 0 Å². The van der Waals surface area contributed by atoms with Gasteiger partial charge in [0.05, 0.1) is 0 Å². The molecule has 1 heterocycles. The third kappa shape index (κ3) is 7.08. The highest BCUT2D eigenvalue weighted by Gasteiger charge is 2.31. The van der Waals surface area contributed by atoms with Gasteiger partial charge in [0.2, 0.25) is 0 Å². The van der Waals surface area contributed by atoms with Crippen LogP contribution in [-0.2, 0) is 10.2 Å². The number of piperidine rings is 1. The molecular formula is C15H33N3O2S. The van der Waals surface area contributed by atoms with Crippen molar-refractivity contribution >= 4 is 10.2 Å². The lowest BCUT2D eigenvalue weighted by Gasteiger charge is -2.34. The summed E-state index contributed by atoms with van der Waals surface area (Å²) in [6, 6.07) is 0.104. The highest BCUT2D eigenvalue weighted by Crippen LogP contribution is 2.19. The first-order valence-corrected chi connectivity index (χ1v) is 9.88. The smallest absolute Gasteiger partial charge is 0.279 e. The van der Waals surface area contributed by atoms with Crippen LogP contribution < -0.4 is 10.0 Å². The molecule has 0 bridgehead atoms. The molecule has 0 spiro atoms. The first-order valence-electron chi connectivity index (χ1n) is 8.44. The van der Waals surface area contributed by atoms with Crippen molar-refractivity contribution in [3.63, 3.8) is 0 Å². The Morgan fingerprint density at radius 3 is 2.67 bits per heavy atom. The fourth-order valence-electron chi connectivity index (χ4n) is 2.77. The van der Waals surface area contributed by atoms with Gasteiger partial charge < -0.3 is 5.32 Å². The van der Waals surface area contributed by atoms with E-state index in [1.165, 1.54) is 0 Å². The SMILES string of the molecule is CCNCC1CCCCN1S(=O)(=O)NCCCCC(C)C. The van der Waals surface area contributed by atoms with Crippen LogP contribution in [0.1, 0.15) is 59.3 Å². The summed E-state index contributed by atoms with van der Waals surface area (Å²) in [6.45, 7) is 9.29. The van der Waals surface area contributed by atoms with E-state index in [2.05, 4.69) is 30.8 Å². The summed E-state index contributed by atoms with van der Waals surface area (Å²) >= 11 is 0. The minimum absolute atomic E-state index is 0.104. The second kappa shape index (κ2) is 9.77. The van der Waals surface area contributed by atoms with Crippen molar-refractivity contribution in [1.82, 2.24) is 14.3 Å². The zero-order valence-corrected chi connectivity index (χ0v) is 14.7. The van der Waals surface area contributed by atoms with Crippen LogP contribution in [0.25, 0.3) is 0 Å². The van der Waals surface area contributed by atoms with Crippen LogP contribution in [0, 0.1) is 5.92 Å². The second-order valence-electron chi connectivity index (χ2n) is 6.36. The van der Waals surface area contributed by atoms with E-state index in [0.717, 1.165) is 51.6 Å². The lowest BCUT2D eigenvalue weighted by atomic mass is 10.1. The molecule has 1 fully saturated rings. The maximum absolute atomic E-state index is 12.4. The molecule has 1 atom stereocenters. The van der Waals surface area contributed by atoms with Gasteiger partial charge in [-0.05, 0) is 31.7 Å². The van der Waals surface area contributed by atoms with Gasteiger partial charge in [-0.2, -0.15) is 12.7 Å². The summed E-state index contributed by atoms with van der Waals surface area (Å²) in [7, 11) is -3.32. The van der Waals surface area contributed by atoms with E-state index in [4.69, 9.17) is 0 Å². The van der Waals surface area contributed by atoms with Gasteiger partial charge >= 0.3 is 0 Å². The first-order chi connectivity index (χ1) is 9.97. The molecule has 0 aromatic heterocycles. The molecule has 126 valence electrons. The van der Waals surface area contributed by atoms with Gasteiger partial charge in [-0.15, -0.1) is 0 Å². The van der Waals surface area contributed by atoms with E-state index < -0.39 is 10.2 Å². The fraction of sp³-hybridized carbons (Fsp3) is 1.00. The van der Waals surface area contributed by atoms with Crippen molar-refractivity contribution in [1.29, 1.82) is 0 Å². The Labute approximate surface area is 131 Å². The van der Waals surface area contributed by atoms with E-state index in [-0.39, 0.29) is 6.04 Å². The Morgan fingerprint density at radius 1 is 1.24 bits per heavy atom. The summed E-state index contributed by atoms with van der Waals surface area (Å²) in [5.74, 6) is 0.688. The topological polar surface area (TPSA) is 61.4 Å². The van der Waals surface area contributed by atoms with Gasteiger partial charge in [0.25, 0.3) is 10.2 Å². The third-order valence-electron chi connectivity index (χ3n) is 4.00. The number of unbranched alkanes of at least 4 members (excludes halogenated alkanes) is 1. The number of rotatable bonds is 10. The summed E-state index contributed by atoms with van der Waals surface area (Å²) in [6.07, 6.45) is 6.22. The Balaban J connectivity index is 2.42. The minimum Gasteiger partial charge on any atom is -0.315 e. The lowest BCUT2D eigenvalue weighted by molar-refractivity contribution is 0.244. The Hall–Kier alpha value is -0.170. The number of hydrogen-bond donors (Lipinski definition) is 2. The summed E-state index contributed by atoms with van der Waals surface area (Å²) in [4.78, 5) is 0. The van der Waals surface area contributed by atoms with Crippen LogP contribution in [0.2, 0.25) is 0 Å². The second-order valence-corrected chi connectivity index (χ2v) is 8.06. The Morgan fingerprint density at radius 2 is 2.00 bits per heavy atom. The predicted octanol–water partition coefficient (Wildman–Crippen LogP) is 2.11. The van der Waals surface area contributed by atoms with Crippen molar-refractivity contribution in [3.8, 4) is 0 Å². The Bertz CT molecular complexity index is 371. The molecule has 1 aliphatic rings. The molecule has 0 aromatic carbocycles. The van der Waals surface area contributed by atoms with E-state index in [9.17, 15) is 8.42 Å². The van der Waals surface area contributed by atoms with Gasteiger partial charge in [0, 0.05) is 25.7 Å². The molecule has 0 radical (unpaired) electrons. The number of hydrogen-bond acceptors (Lipinski definition) is 3. The average Bonchev–Trinajstić information content (AvgIpc) is 2.44. The third-order valence-corrected chi connectivity index (χ3v) is 5.67. The maximum atomic E-state index is 12.4. The molecule has 1 saturated heterocycles. The fourth-order valence-corrected chi connectivity index (χ4v) is 4.28. The molecule has 21 heavy (non-hydrogen) atoms. The summed E-state index contributed by atoms with van der Waals surface area (Å²) in [5, 5.41) is 3.28. The Kier molecular flexibility index (Phi) is 8.78.